The van der Waals surface area contributed by atoms with Gasteiger partial charge in [0.25, 0.3) is 0 Å². The molecule has 0 bridgehead atoms. The van der Waals surface area contributed by atoms with Gasteiger partial charge in [-0.1, -0.05) is 18.2 Å². The van der Waals surface area contributed by atoms with Crippen molar-refractivity contribution in [2.24, 2.45) is 0 Å². The Bertz CT molecular complexity index is 1420. The zero-order valence-electron chi connectivity index (χ0n) is 17.5. The molecule has 0 aliphatic rings. The molecule has 7 nitrogen and oxygen atoms in total. The number of methoxy groups -OCH3 is 1. The van der Waals surface area contributed by atoms with E-state index in [4.69, 9.17) is 13.6 Å². The lowest BCUT2D eigenvalue weighted by atomic mass is 10.1. The second-order valence-corrected chi connectivity index (χ2v) is 6.84. The lowest BCUT2D eigenvalue weighted by molar-refractivity contribution is 0.0980. The Kier molecular flexibility index (Phi) is 6.15. The van der Waals surface area contributed by atoms with E-state index < -0.39 is 0 Å². The van der Waals surface area contributed by atoms with Crippen LogP contribution in [0.25, 0.3) is 21.9 Å². The Morgan fingerprint density at radius 3 is 1.77 bits per heavy atom. The van der Waals surface area contributed by atoms with Crippen LogP contribution in [-0.4, -0.2) is 18.7 Å². The molecule has 2 aromatic heterocycles. The Morgan fingerprint density at radius 1 is 0.774 bits per heavy atom. The molecule has 0 spiro atoms. The maximum Gasteiger partial charge on any atom is 0.197 e. The predicted octanol–water partition coefficient (Wildman–Crippen LogP) is 4.31. The first kappa shape index (κ1) is 21.7. The molecule has 0 saturated heterocycles. The summed E-state index contributed by atoms with van der Waals surface area (Å²) in [5.74, 6) is 0.0996. The van der Waals surface area contributed by atoms with E-state index in [0.717, 1.165) is 5.56 Å². The molecule has 0 saturated carbocycles. The van der Waals surface area contributed by atoms with E-state index in [2.05, 4.69) is 0 Å². The van der Waals surface area contributed by atoms with Crippen molar-refractivity contribution in [3.05, 3.63) is 86.1 Å². The fraction of sp³-hybridized carbons (Fsp3) is 0.167. The molecule has 0 N–H and O–H groups in total. The summed E-state index contributed by atoms with van der Waals surface area (Å²) in [6.07, 6.45) is 0. The van der Waals surface area contributed by atoms with Gasteiger partial charge in [0.2, 0.25) is 0 Å². The monoisotopic (exact) mass is 420 g/mol. The average Bonchev–Trinajstić information content (AvgIpc) is 2.73. The van der Waals surface area contributed by atoms with Crippen LogP contribution in [-0.2, 0) is 0 Å². The summed E-state index contributed by atoms with van der Waals surface area (Å²) in [6, 6.07) is 12.8. The van der Waals surface area contributed by atoms with Crippen LogP contribution >= 0.6 is 0 Å². The van der Waals surface area contributed by atoms with E-state index >= 15 is 0 Å². The third kappa shape index (κ3) is 4.45. The summed E-state index contributed by atoms with van der Waals surface area (Å²) in [5, 5.41) is 0.900. The minimum absolute atomic E-state index is 0.0609. The van der Waals surface area contributed by atoms with Crippen LogP contribution < -0.4 is 15.6 Å². The summed E-state index contributed by atoms with van der Waals surface area (Å²) in [5.41, 5.74) is 1.24. The number of hydrogen-bond acceptors (Lipinski definition) is 7. The fourth-order valence-corrected chi connectivity index (χ4v) is 3.08. The Morgan fingerprint density at radius 2 is 1.26 bits per heavy atom. The van der Waals surface area contributed by atoms with Gasteiger partial charge < -0.3 is 13.6 Å². The predicted molar refractivity (Wildman–Crippen MR) is 116 cm³/mol. The van der Waals surface area contributed by atoms with Gasteiger partial charge in [-0.25, -0.2) is 0 Å². The lowest BCUT2D eigenvalue weighted by Crippen LogP contribution is -2.06. The molecule has 2 heterocycles. The highest BCUT2D eigenvalue weighted by molar-refractivity contribution is 5.94. The Balaban J connectivity index is 0.000000176. The van der Waals surface area contributed by atoms with Crippen molar-refractivity contribution in [2.45, 2.75) is 20.8 Å². The minimum Gasteiger partial charge on any atom is -0.496 e. The lowest BCUT2D eigenvalue weighted by Gasteiger charge is -2.04. The standard InChI is InChI=1S/C12H10O4.C12H10O3/c1-7(13)11-6-8(14)12-9(15-2)4-3-5-10(12)16-11;1-7-4-3-5-10-12(7)9(14)6-11(15-10)8(2)13/h3-6H,1-2H3;3-6H,1-2H3. The van der Waals surface area contributed by atoms with E-state index in [1.165, 1.54) is 33.1 Å². The number of aryl methyl sites for hydroxylation is 1. The molecule has 4 aromatic rings. The van der Waals surface area contributed by atoms with E-state index in [1.807, 2.05) is 13.0 Å². The van der Waals surface area contributed by atoms with Gasteiger partial charge in [-0.2, -0.15) is 0 Å². The molecule has 0 amide bonds. The minimum atomic E-state index is -0.276. The van der Waals surface area contributed by atoms with E-state index in [-0.39, 0.29) is 33.9 Å². The summed E-state index contributed by atoms with van der Waals surface area (Å²) in [6.45, 7) is 4.57. The third-order valence-electron chi connectivity index (χ3n) is 4.59. The van der Waals surface area contributed by atoms with Crippen LogP contribution in [0, 0.1) is 6.92 Å². The van der Waals surface area contributed by atoms with Gasteiger partial charge in [-0.15, -0.1) is 0 Å². The van der Waals surface area contributed by atoms with Crippen molar-refractivity contribution in [1.29, 1.82) is 0 Å². The zero-order chi connectivity index (χ0) is 22.7. The van der Waals surface area contributed by atoms with Gasteiger partial charge in [-0.3, -0.25) is 19.2 Å². The van der Waals surface area contributed by atoms with E-state index in [9.17, 15) is 19.2 Å². The molecule has 7 heteroatoms. The molecule has 31 heavy (non-hydrogen) atoms. The molecule has 4 rings (SSSR count). The van der Waals surface area contributed by atoms with Crippen LogP contribution in [0.4, 0.5) is 0 Å². The van der Waals surface area contributed by atoms with Crippen molar-refractivity contribution >= 4 is 33.5 Å². The van der Waals surface area contributed by atoms with Gasteiger partial charge in [-0.05, 0) is 30.7 Å². The first-order valence-corrected chi connectivity index (χ1v) is 9.39. The molecular formula is C24H20O7. The van der Waals surface area contributed by atoms with Crippen molar-refractivity contribution in [3.63, 3.8) is 0 Å². The normalized spacial score (nSPS) is 10.5. The molecule has 0 aliphatic carbocycles. The first-order valence-electron chi connectivity index (χ1n) is 9.39. The Hall–Kier alpha value is -4.00. The third-order valence-corrected chi connectivity index (χ3v) is 4.59. The van der Waals surface area contributed by atoms with Crippen LogP contribution in [0.3, 0.4) is 0 Å². The highest BCUT2D eigenvalue weighted by Crippen LogP contribution is 2.22. The number of rotatable bonds is 3. The average molecular weight is 420 g/mol. The number of ether oxygens (including phenoxy) is 1. The van der Waals surface area contributed by atoms with Crippen molar-refractivity contribution in [2.75, 3.05) is 7.11 Å². The largest absolute Gasteiger partial charge is 0.496 e. The summed E-state index contributed by atoms with van der Waals surface area (Å²) >= 11 is 0. The van der Waals surface area contributed by atoms with Crippen molar-refractivity contribution in [3.8, 4) is 5.75 Å². The number of hydrogen-bond donors (Lipinski definition) is 0. The van der Waals surface area contributed by atoms with Gasteiger partial charge in [0, 0.05) is 26.0 Å². The SMILES string of the molecule is CC(=O)c1cc(=O)c2c(C)cccc2o1.COc1cccc2oc(C(C)=O)cc(=O)c12. The molecule has 2 aromatic carbocycles. The number of fused-ring (bicyclic) bond motifs is 2. The number of ketones is 2. The molecule has 0 radical (unpaired) electrons. The second kappa shape index (κ2) is 8.79. The zero-order valence-corrected chi connectivity index (χ0v) is 17.5. The van der Waals surface area contributed by atoms with E-state index in [0.29, 0.717) is 27.7 Å². The van der Waals surface area contributed by atoms with Crippen LogP contribution in [0.15, 0.2) is 67.0 Å². The topological polar surface area (TPSA) is 104 Å². The summed E-state index contributed by atoms with van der Waals surface area (Å²) in [4.78, 5) is 45.7. The van der Waals surface area contributed by atoms with Gasteiger partial charge in [0.05, 0.1) is 12.5 Å². The summed E-state index contributed by atoms with van der Waals surface area (Å²) in [7, 11) is 1.48. The maximum atomic E-state index is 11.8. The maximum absolute atomic E-state index is 11.8. The Labute approximate surface area is 176 Å². The van der Waals surface area contributed by atoms with Crippen LogP contribution in [0.5, 0.6) is 5.75 Å². The summed E-state index contributed by atoms with van der Waals surface area (Å²) < 4.78 is 15.7. The molecule has 0 unspecified atom stereocenters. The molecule has 0 atom stereocenters. The quantitative estimate of drug-likeness (QED) is 0.455. The first-order chi connectivity index (χ1) is 14.7. The van der Waals surface area contributed by atoms with Gasteiger partial charge in [0.15, 0.2) is 33.9 Å². The van der Waals surface area contributed by atoms with Crippen molar-refractivity contribution < 1.29 is 23.2 Å². The molecule has 0 aliphatic heterocycles. The van der Waals surface area contributed by atoms with Crippen LogP contribution in [0.2, 0.25) is 0 Å². The number of benzene rings is 2. The molecular weight excluding hydrogens is 400 g/mol. The highest BCUT2D eigenvalue weighted by Gasteiger charge is 2.11. The smallest absolute Gasteiger partial charge is 0.197 e. The van der Waals surface area contributed by atoms with Crippen molar-refractivity contribution in [1.82, 2.24) is 0 Å². The molecule has 158 valence electrons. The number of Topliss-reactive ketones (excluding diaryl/α,β-unsaturated/α-hetero) is 2. The van der Waals surface area contributed by atoms with Gasteiger partial charge >= 0.3 is 0 Å². The highest BCUT2D eigenvalue weighted by atomic mass is 16.5. The van der Waals surface area contributed by atoms with E-state index in [1.54, 1.807) is 30.3 Å². The number of carbonyl (C=O) groups is 2. The number of carbonyl (C=O) groups excluding carboxylic acids is 2. The molecule has 0 fully saturated rings. The van der Waals surface area contributed by atoms with Crippen LogP contribution in [0.1, 0.15) is 40.5 Å². The fourth-order valence-electron chi connectivity index (χ4n) is 3.08. The second-order valence-electron chi connectivity index (χ2n) is 6.84. The van der Waals surface area contributed by atoms with Gasteiger partial charge in [0.1, 0.15) is 22.3 Å².